The van der Waals surface area contributed by atoms with Gasteiger partial charge in [0, 0.05) is 22.9 Å². The molecule has 0 aliphatic rings. The number of hydrazine groups is 1. The predicted octanol–water partition coefficient (Wildman–Crippen LogP) is 2.31. The lowest BCUT2D eigenvalue weighted by atomic mass is 9.90. The van der Waals surface area contributed by atoms with Crippen molar-refractivity contribution in [2.24, 2.45) is 5.84 Å². The van der Waals surface area contributed by atoms with Crippen LogP contribution in [-0.2, 0) is 5.41 Å². The van der Waals surface area contributed by atoms with Gasteiger partial charge < -0.3 is 10.7 Å². The number of hydrogen-bond acceptors (Lipinski definition) is 5. The average molecular weight is 285 g/mol. The molecule has 6 heteroatoms. The van der Waals surface area contributed by atoms with Gasteiger partial charge in [-0.1, -0.05) is 26.8 Å². The van der Waals surface area contributed by atoms with Gasteiger partial charge >= 0.3 is 0 Å². The topological polar surface area (TPSA) is 92.9 Å². The van der Waals surface area contributed by atoms with E-state index >= 15 is 0 Å². The summed E-state index contributed by atoms with van der Waals surface area (Å²) in [6.45, 7) is 6.07. The Hall–Kier alpha value is -2.47. The molecule has 0 bridgehead atoms. The van der Waals surface area contributed by atoms with Crippen LogP contribution in [0.5, 0.6) is 0 Å². The number of hydrogen-bond donors (Lipinski definition) is 3. The minimum Gasteiger partial charge on any atom is -0.308 e. The van der Waals surface area contributed by atoms with Crippen LogP contribution in [0.2, 0.25) is 0 Å². The first-order chi connectivity index (χ1) is 9.90. The van der Waals surface area contributed by atoms with E-state index in [4.69, 9.17) is 5.84 Å². The van der Waals surface area contributed by atoms with Crippen LogP contribution in [0.3, 0.4) is 0 Å². The van der Waals surface area contributed by atoms with Crippen molar-refractivity contribution >= 4 is 17.5 Å². The number of carbonyl (C=O) groups is 1. The molecule has 4 N–H and O–H groups in total. The summed E-state index contributed by atoms with van der Waals surface area (Å²) in [5, 5.41) is 2.74. The van der Waals surface area contributed by atoms with Crippen molar-refractivity contribution in [3.8, 4) is 0 Å². The monoisotopic (exact) mass is 285 g/mol. The molecule has 0 saturated heterocycles. The molecule has 1 amide bonds. The molecule has 2 aromatic rings. The third kappa shape index (κ3) is 3.76. The minimum absolute atomic E-state index is 0.188. The fraction of sp³-hybridized carbons (Fsp3) is 0.267. The average Bonchev–Trinajstić information content (AvgIpc) is 2.46. The molecule has 2 rings (SSSR count). The van der Waals surface area contributed by atoms with Crippen LogP contribution in [0.1, 0.15) is 36.8 Å². The van der Waals surface area contributed by atoms with Crippen molar-refractivity contribution in [2.45, 2.75) is 26.2 Å². The second-order valence-corrected chi connectivity index (χ2v) is 5.69. The van der Waals surface area contributed by atoms with Crippen LogP contribution in [0.15, 0.2) is 36.5 Å². The molecule has 0 radical (unpaired) electrons. The Bertz CT molecular complexity index is 634. The first-order valence-electron chi connectivity index (χ1n) is 6.62. The molecular weight excluding hydrogens is 266 g/mol. The maximum atomic E-state index is 12.3. The Kier molecular flexibility index (Phi) is 4.18. The highest BCUT2D eigenvalue weighted by molar-refractivity contribution is 6.04. The number of nitrogens with two attached hydrogens (primary N) is 1. The summed E-state index contributed by atoms with van der Waals surface area (Å²) in [5.41, 5.74) is 3.57. The van der Waals surface area contributed by atoms with Crippen LogP contribution in [-0.4, -0.2) is 15.9 Å². The van der Waals surface area contributed by atoms with Crippen LogP contribution >= 0.6 is 0 Å². The van der Waals surface area contributed by atoms with E-state index < -0.39 is 0 Å². The summed E-state index contributed by atoms with van der Waals surface area (Å²) >= 11 is 0. The molecule has 0 aliphatic carbocycles. The summed E-state index contributed by atoms with van der Waals surface area (Å²) in [6, 6.07) is 8.69. The Balaban J connectivity index is 2.32. The van der Waals surface area contributed by atoms with Gasteiger partial charge in [-0.25, -0.2) is 15.8 Å². The number of anilines is 2. The van der Waals surface area contributed by atoms with E-state index in [0.717, 1.165) is 5.69 Å². The summed E-state index contributed by atoms with van der Waals surface area (Å²) in [6.07, 6.45) is 1.62. The molecule has 0 aliphatic heterocycles. The lowest BCUT2D eigenvalue weighted by Gasteiger charge is -2.19. The smallest absolute Gasteiger partial charge is 0.257 e. The minimum atomic E-state index is -0.252. The van der Waals surface area contributed by atoms with Gasteiger partial charge in [-0.15, -0.1) is 0 Å². The van der Waals surface area contributed by atoms with Crippen LogP contribution in [0, 0.1) is 0 Å². The van der Waals surface area contributed by atoms with Gasteiger partial charge in [0.05, 0.1) is 0 Å². The van der Waals surface area contributed by atoms with Gasteiger partial charge in [0.1, 0.15) is 11.6 Å². The quantitative estimate of drug-likeness (QED) is 0.594. The van der Waals surface area contributed by atoms with Gasteiger partial charge in [-0.3, -0.25) is 4.79 Å². The van der Waals surface area contributed by atoms with E-state index in [-0.39, 0.29) is 11.3 Å². The summed E-state index contributed by atoms with van der Waals surface area (Å²) in [7, 11) is 0. The number of carbonyl (C=O) groups excluding carboxylic acids is 1. The van der Waals surface area contributed by atoms with Gasteiger partial charge in [0.2, 0.25) is 0 Å². The lowest BCUT2D eigenvalue weighted by molar-refractivity contribution is 0.102. The molecule has 0 atom stereocenters. The van der Waals surface area contributed by atoms with Gasteiger partial charge in [0.25, 0.3) is 5.91 Å². The van der Waals surface area contributed by atoms with Crippen molar-refractivity contribution in [1.82, 2.24) is 9.97 Å². The number of nitrogen functional groups attached to an aromatic ring is 1. The zero-order chi connectivity index (χ0) is 15.5. The summed E-state index contributed by atoms with van der Waals surface area (Å²) in [5.74, 6) is 6.13. The number of pyridine rings is 2. The predicted molar refractivity (Wildman–Crippen MR) is 82.9 cm³/mol. The molecule has 6 nitrogen and oxygen atoms in total. The van der Waals surface area contributed by atoms with Crippen molar-refractivity contribution in [3.63, 3.8) is 0 Å². The zero-order valence-electron chi connectivity index (χ0n) is 12.3. The maximum absolute atomic E-state index is 12.3. The van der Waals surface area contributed by atoms with E-state index in [0.29, 0.717) is 17.2 Å². The molecular formula is C15H19N5O. The fourth-order valence-corrected chi connectivity index (χ4v) is 1.75. The van der Waals surface area contributed by atoms with Crippen molar-refractivity contribution in [2.75, 3.05) is 10.7 Å². The SMILES string of the molecule is CC(C)(C)c1cc(C(=O)Nc2ccccn2)cc(NN)n1. The fourth-order valence-electron chi connectivity index (χ4n) is 1.75. The number of nitrogens with zero attached hydrogens (tertiary/aromatic N) is 2. The zero-order valence-corrected chi connectivity index (χ0v) is 12.3. The highest BCUT2D eigenvalue weighted by atomic mass is 16.1. The van der Waals surface area contributed by atoms with Gasteiger partial charge in [-0.05, 0) is 24.3 Å². The standard InChI is InChI=1S/C15H19N5O/c1-15(2,3)11-8-10(9-13(18-11)20-16)14(21)19-12-6-4-5-7-17-12/h4-9H,16H2,1-3H3,(H,18,20)(H,17,19,21). The Labute approximate surface area is 123 Å². The third-order valence-corrected chi connectivity index (χ3v) is 2.91. The molecule has 2 aromatic heterocycles. The number of rotatable bonds is 3. The maximum Gasteiger partial charge on any atom is 0.257 e. The van der Waals surface area contributed by atoms with E-state index in [9.17, 15) is 4.79 Å². The highest BCUT2D eigenvalue weighted by Gasteiger charge is 2.19. The molecule has 21 heavy (non-hydrogen) atoms. The van der Waals surface area contributed by atoms with Crippen molar-refractivity contribution in [3.05, 3.63) is 47.8 Å². The molecule has 0 unspecified atom stereocenters. The van der Waals surface area contributed by atoms with E-state index in [1.165, 1.54) is 0 Å². The van der Waals surface area contributed by atoms with Crippen molar-refractivity contribution in [1.29, 1.82) is 0 Å². The van der Waals surface area contributed by atoms with Gasteiger partial charge in [-0.2, -0.15) is 0 Å². The first kappa shape index (κ1) is 14.9. The highest BCUT2D eigenvalue weighted by Crippen LogP contribution is 2.23. The van der Waals surface area contributed by atoms with Crippen LogP contribution in [0.4, 0.5) is 11.6 Å². The molecule has 0 spiro atoms. The summed E-state index contributed by atoms with van der Waals surface area (Å²) < 4.78 is 0. The Morgan fingerprint density at radius 2 is 1.95 bits per heavy atom. The Morgan fingerprint density at radius 1 is 1.19 bits per heavy atom. The van der Waals surface area contributed by atoms with E-state index in [1.54, 1.807) is 30.5 Å². The summed E-state index contributed by atoms with van der Waals surface area (Å²) in [4.78, 5) is 20.8. The third-order valence-electron chi connectivity index (χ3n) is 2.91. The van der Waals surface area contributed by atoms with Crippen LogP contribution in [0.25, 0.3) is 0 Å². The second kappa shape index (κ2) is 5.88. The molecule has 0 fully saturated rings. The van der Waals surface area contributed by atoms with E-state index in [2.05, 4.69) is 20.7 Å². The molecule has 110 valence electrons. The molecule has 0 saturated carbocycles. The normalized spacial score (nSPS) is 11.0. The van der Waals surface area contributed by atoms with Crippen molar-refractivity contribution < 1.29 is 4.79 Å². The first-order valence-corrected chi connectivity index (χ1v) is 6.62. The van der Waals surface area contributed by atoms with Crippen LogP contribution < -0.4 is 16.6 Å². The van der Waals surface area contributed by atoms with Gasteiger partial charge in [0.15, 0.2) is 0 Å². The molecule has 0 aromatic carbocycles. The Morgan fingerprint density at radius 3 is 2.52 bits per heavy atom. The van der Waals surface area contributed by atoms with E-state index in [1.807, 2.05) is 26.8 Å². The second-order valence-electron chi connectivity index (χ2n) is 5.69. The lowest BCUT2D eigenvalue weighted by Crippen LogP contribution is -2.20. The molecule has 2 heterocycles. The number of aromatic nitrogens is 2. The number of nitrogens with one attached hydrogen (secondary N) is 2. The number of amides is 1. The largest absolute Gasteiger partial charge is 0.308 e.